The molecule has 3 aromatic rings. The van der Waals surface area contributed by atoms with Gasteiger partial charge in [0.05, 0.1) is 10.6 Å². The molecule has 7 nitrogen and oxygen atoms in total. The van der Waals surface area contributed by atoms with E-state index in [1.807, 2.05) is 4.90 Å². The van der Waals surface area contributed by atoms with E-state index in [0.717, 1.165) is 32.4 Å². The molecular weight excluding hydrogens is 528 g/mol. The molecule has 1 aliphatic rings. The number of benzene rings is 2. The molecule has 0 atom stereocenters. The fourth-order valence-electron chi connectivity index (χ4n) is 4.49. The zero-order valence-corrected chi connectivity index (χ0v) is 22.7. The van der Waals surface area contributed by atoms with Crippen molar-refractivity contribution in [3.8, 4) is 0 Å². The molecule has 1 amide bonds. The first-order chi connectivity index (χ1) is 18.1. The van der Waals surface area contributed by atoms with E-state index in [1.165, 1.54) is 24.4 Å². The maximum absolute atomic E-state index is 15.2. The number of carbonyl (C=O) groups is 2. The van der Waals surface area contributed by atoms with E-state index in [0.29, 0.717) is 26.9 Å². The Labute approximate surface area is 231 Å². The normalized spacial score (nSPS) is 13.2. The third-order valence-corrected chi connectivity index (χ3v) is 6.88. The predicted molar refractivity (Wildman–Crippen MR) is 150 cm³/mol. The number of nitrogens with zero attached hydrogens (tertiary/aromatic N) is 3. The summed E-state index contributed by atoms with van der Waals surface area (Å²) in [4.78, 5) is 34.3. The highest BCUT2D eigenvalue weighted by Gasteiger charge is 2.24. The summed E-state index contributed by atoms with van der Waals surface area (Å²) in [6, 6.07) is 10.5. The number of ketones is 1. The van der Waals surface area contributed by atoms with Gasteiger partial charge < -0.3 is 15.1 Å². The van der Waals surface area contributed by atoms with Crippen molar-refractivity contribution in [3.05, 3.63) is 86.8 Å². The van der Waals surface area contributed by atoms with Crippen LogP contribution in [-0.4, -0.2) is 54.6 Å². The van der Waals surface area contributed by atoms with Gasteiger partial charge in [-0.15, -0.1) is 0 Å². The molecule has 0 saturated carbocycles. The summed E-state index contributed by atoms with van der Waals surface area (Å²) in [5.41, 5.74) is 1.46. The SMILES string of the molecule is CN(C)c1cc(Cl)cc(C(=O)Nc2ccc(Cl)cn2)c1CC(=O)c1ccc(C(=N)N2CCCCC2)cc1F. The number of anilines is 2. The number of amides is 1. The van der Waals surface area contributed by atoms with Gasteiger partial charge >= 0.3 is 0 Å². The highest BCUT2D eigenvalue weighted by Crippen LogP contribution is 2.30. The summed E-state index contributed by atoms with van der Waals surface area (Å²) in [6.45, 7) is 1.53. The Bertz CT molecular complexity index is 1370. The molecule has 1 aromatic heterocycles. The highest BCUT2D eigenvalue weighted by molar-refractivity contribution is 6.31. The molecule has 0 unspecified atom stereocenters. The number of rotatable bonds is 7. The lowest BCUT2D eigenvalue weighted by molar-refractivity contribution is 0.0989. The molecular formula is C28H28Cl2FN5O2. The first-order valence-electron chi connectivity index (χ1n) is 12.2. The average Bonchev–Trinajstić information content (AvgIpc) is 2.90. The number of hydrogen-bond acceptors (Lipinski definition) is 5. The zero-order chi connectivity index (χ0) is 27.4. The number of pyridine rings is 1. The fourth-order valence-corrected chi connectivity index (χ4v) is 4.81. The number of aromatic nitrogens is 1. The molecule has 38 heavy (non-hydrogen) atoms. The summed E-state index contributed by atoms with van der Waals surface area (Å²) in [7, 11) is 3.54. The van der Waals surface area contributed by atoms with Gasteiger partial charge in [-0.05, 0) is 61.2 Å². The highest BCUT2D eigenvalue weighted by atomic mass is 35.5. The molecule has 198 valence electrons. The van der Waals surface area contributed by atoms with Crippen LogP contribution in [0.5, 0.6) is 0 Å². The summed E-state index contributed by atoms with van der Waals surface area (Å²) in [6.07, 6.45) is 4.30. The van der Waals surface area contributed by atoms with Crippen LogP contribution in [0.15, 0.2) is 48.7 Å². The Balaban J connectivity index is 1.62. The lowest BCUT2D eigenvalue weighted by atomic mass is 9.95. The number of likely N-dealkylation sites (tertiary alicyclic amines) is 1. The van der Waals surface area contributed by atoms with Crippen LogP contribution in [0.3, 0.4) is 0 Å². The third kappa shape index (κ3) is 6.31. The van der Waals surface area contributed by atoms with Crippen molar-refractivity contribution in [2.24, 2.45) is 0 Å². The second-order valence-electron chi connectivity index (χ2n) is 9.35. The molecule has 1 aliphatic heterocycles. The van der Waals surface area contributed by atoms with Gasteiger partial charge in [-0.2, -0.15) is 0 Å². The second-order valence-corrected chi connectivity index (χ2v) is 10.2. The minimum Gasteiger partial charge on any atom is -0.377 e. The van der Waals surface area contributed by atoms with Gasteiger partial charge in [-0.1, -0.05) is 29.3 Å². The van der Waals surface area contributed by atoms with E-state index in [-0.39, 0.29) is 29.2 Å². The summed E-state index contributed by atoms with van der Waals surface area (Å²) in [5.74, 6) is -1.18. The second kappa shape index (κ2) is 11.9. The van der Waals surface area contributed by atoms with E-state index in [4.69, 9.17) is 28.6 Å². The van der Waals surface area contributed by atoms with Crippen LogP contribution in [0.1, 0.15) is 51.1 Å². The quantitative estimate of drug-likeness (QED) is 0.209. The van der Waals surface area contributed by atoms with Gasteiger partial charge in [0, 0.05) is 61.6 Å². The van der Waals surface area contributed by atoms with Gasteiger partial charge in [0.1, 0.15) is 17.5 Å². The molecule has 10 heteroatoms. The Kier molecular flexibility index (Phi) is 8.64. The summed E-state index contributed by atoms with van der Waals surface area (Å²) >= 11 is 12.2. The van der Waals surface area contributed by atoms with Crippen LogP contribution in [0.4, 0.5) is 15.9 Å². The zero-order valence-electron chi connectivity index (χ0n) is 21.2. The Morgan fingerprint density at radius 1 is 1.03 bits per heavy atom. The van der Waals surface area contributed by atoms with Crippen molar-refractivity contribution in [1.29, 1.82) is 5.41 Å². The van der Waals surface area contributed by atoms with Crippen molar-refractivity contribution >= 4 is 52.2 Å². The number of hydrogen-bond donors (Lipinski definition) is 2. The number of Topliss-reactive ketones (excluding diaryl/α,β-unsaturated/α-hetero) is 1. The Hall–Kier alpha value is -3.49. The minimum absolute atomic E-state index is 0.106. The molecule has 2 N–H and O–H groups in total. The van der Waals surface area contributed by atoms with Crippen molar-refractivity contribution < 1.29 is 14.0 Å². The molecule has 0 bridgehead atoms. The number of carbonyl (C=O) groups excluding carboxylic acids is 2. The van der Waals surface area contributed by atoms with E-state index in [2.05, 4.69) is 10.3 Å². The smallest absolute Gasteiger partial charge is 0.257 e. The van der Waals surface area contributed by atoms with Crippen LogP contribution in [0.2, 0.25) is 10.0 Å². The van der Waals surface area contributed by atoms with E-state index >= 15 is 4.39 Å². The molecule has 2 heterocycles. The van der Waals surface area contributed by atoms with Crippen molar-refractivity contribution in [1.82, 2.24) is 9.88 Å². The van der Waals surface area contributed by atoms with Crippen molar-refractivity contribution in [2.75, 3.05) is 37.4 Å². The Morgan fingerprint density at radius 2 is 1.76 bits per heavy atom. The predicted octanol–water partition coefficient (Wildman–Crippen LogP) is 6.08. The maximum atomic E-state index is 15.2. The topological polar surface area (TPSA) is 89.4 Å². The minimum atomic E-state index is -0.703. The van der Waals surface area contributed by atoms with Gasteiger partial charge in [0.2, 0.25) is 0 Å². The maximum Gasteiger partial charge on any atom is 0.257 e. The van der Waals surface area contributed by atoms with E-state index in [1.54, 1.807) is 43.3 Å². The number of amidine groups is 1. The monoisotopic (exact) mass is 555 g/mol. The van der Waals surface area contributed by atoms with Crippen LogP contribution >= 0.6 is 23.2 Å². The lowest BCUT2D eigenvalue weighted by Gasteiger charge is -2.29. The lowest BCUT2D eigenvalue weighted by Crippen LogP contribution is -2.35. The van der Waals surface area contributed by atoms with Gasteiger partial charge in [0.25, 0.3) is 5.91 Å². The van der Waals surface area contributed by atoms with E-state index < -0.39 is 17.5 Å². The number of piperidine rings is 1. The first kappa shape index (κ1) is 27.5. The molecule has 4 rings (SSSR count). The molecule has 0 spiro atoms. The molecule has 0 radical (unpaired) electrons. The van der Waals surface area contributed by atoms with Crippen molar-refractivity contribution in [2.45, 2.75) is 25.7 Å². The van der Waals surface area contributed by atoms with Crippen LogP contribution in [0, 0.1) is 11.2 Å². The van der Waals surface area contributed by atoms with Gasteiger partial charge in [0.15, 0.2) is 5.78 Å². The number of halogens is 3. The first-order valence-corrected chi connectivity index (χ1v) is 13.0. The average molecular weight is 556 g/mol. The van der Waals surface area contributed by atoms with E-state index in [9.17, 15) is 9.59 Å². The Morgan fingerprint density at radius 3 is 2.39 bits per heavy atom. The largest absolute Gasteiger partial charge is 0.377 e. The van der Waals surface area contributed by atoms with Crippen LogP contribution < -0.4 is 10.2 Å². The molecule has 1 saturated heterocycles. The van der Waals surface area contributed by atoms with Crippen LogP contribution in [0.25, 0.3) is 0 Å². The molecule has 0 aliphatic carbocycles. The third-order valence-electron chi connectivity index (χ3n) is 6.44. The van der Waals surface area contributed by atoms with Gasteiger partial charge in [-0.3, -0.25) is 15.0 Å². The van der Waals surface area contributed by atoms with Crippen molar-refractivity contribution in [3.63, 3.8) is 0 Å². The molecule has 2 aromatic carbocycles. The standard InChI is InChI=1S/C28H28Cl2FN5O2/c1-35(2)24-14-19(30)13-22(28(38)34-26-9-7-18(29)16-33-26)21(24)15-25(37)20-8-6-17(12-23(20)31)27(32)36-10-4-3-5-11-36/h6-9,12-14,16,32H,3-5,10-11,15H2,1-2H3,(H,33,34,38). The molecule has 1 fully saturated rings. The number of nitrogens with one attached hydrogen (secondary N) is 2. The van der Waals surface area contributed by atoms with Gasteiger partial charge in [-0.25, -0.2) is 9.37 Å². The fraction of sp³-hybridized carbons (Fsp3) is 0.286. The summed E-state index contributed by atoms with van der Waals surface area (Å²) < 4.78 is 15.2. The van der Waals surface area contributed by atoms with Crippen LogP contribution in [-0.2, 0) is 6.42 Å². The summed E-state index contributed by atoms with van der Waals surface area (Å²) in [5, 5.41) is 11.9.